The maximum absolute atomic E-state index is 6.59. The number of aromatic nitrogens is 3. The molecule has 1 saturated carbocycles. The minimum absolute atomic E-state index is 0.0200. The Kier molecular flexibility index (Phi) is 9.78. The van der Waals surface area contributed by atoms with E-state index >= 15 is 0 Å². The molecule has 4 nitrogen and oxygen atoms in total. The molecule has 13 rings (SSSR count). The van der Waals surface area contributed by atoms with E-state index in [4.69, 9.17) is 19.7 Å². The Morgan fingerprint density at radius 2 is 1.03 bits per heavy atom. The number of fused-ring (bicyclic) bond motifs is 6. The summed E-state index contributed by atoms with van der Waals surface area (Å²) in [5.41, 5.74) is 13.7. The monoisotopic (exact) mass is 873 g/mol. The first-order valence-corrected chi connectivity index (χ1v) is 24.0. The second-order valence-corrected chi connectivity index (χ2v) is 18.6. The number of hydrogen-bond acceptors (Lipinski definition) is 4. The highest BCUT2D eigenvalue weighted by Crippen LogP contribution is 2.56. The number of ether oxygens (including phenoxy) is 1. The van der Waals surface area contributed by atoms with Crippen molar-refractivity contribution in [3.8, 4) is 78.8 Å². The normalized spacial score (nSPS) is 15.6. The topological polar surface area (TPSA) is 47.9 Å². The Hall–Kier alpha value is -8.21. The molecule has 3 aliphatic rings. The van der Waals surface area contributed by atoms with Crippen molar-refractivity contribution in [3.05, 3.63) is 235 Å². The van der Waals surface area contributed by atoms with Gasteiger partial charge in [0.25, 0.3) is 0 Å². The van der Waals surface area contributed by atoms with E-state index in [0.29, 0.717) is 11.6 Å². The standard InChI is InChI=1S/C64H47N3O/c1-3-18-42(19-4-1)61-65-62(43-20-5-2-6-21-43)67-63(66-61)51-39-49(38-50(40-51)60-54-28-9-7-22-47(54)37-48-23-8-10-29-55(48)60)53-27-12-11-26-52(53)46-25-17-24-44(36-46)45-32-33-59-57(41-45)64(34-15-16-35-64)56-30-13-14-31-58(56)68-59/h1-14,17-20,22-33,36-41,43H,15-16,21,34-35H2. The van der Waals surface area contributed by atoms with E-state index in [-0.39, 0.29) is 11.3 Å². The number of benzene rings is 9. The fraction of sp³-hybridized carbons (Fsp3) is 0.109. The zero-order valence-electron chi connectivity index (χ0n) is 37.6. The van der Waals surface area contributed by atoms with Gasteiger partial charge in [0.1, 0.15) is 17.3 Å². The fourth-order valence-electron chi connectivity index (χ4n) is 11.3. The smallest absolute Gasteiger partial charge is 0.163 e. The van der Waals surface area contributed by atoms with Crippen molar-refractivity contribution in [2.75, 3.05) is 0 Å². The summed E-state index contributed by atoms with van der Waals surface area (Å²) in [6.07, 6.45) is 14.2. The zero-order chi connectivity index (χ0) is 45.0. The predicted molar refractivity (Wildman–Crippen MR) is 279 cm³/mol. The molecule has 68 heavy (non-hydrogen) atoms. The molecule has 1 aliphatic heterocycles. The third-order valence-electron chi connectivity index (χ3n) is 14.6. The van der Waals surface area contributed by atoms with Gasteiger partial charge >= 0.3 is 0 Å². The van der Waals surface area contributed by atoms with Gasteiger partial charge in [-0.1, -0.05) is 183 Å². The van der Waals surface area contributed by atoms with Gasteiger partial charge in [-0.3, -0.25) is 0 Å². The molecule has 1 spiro atoms. The number of nitrogens with zero attached hydrogens (tertiary/aromatic N) is 3. The average Bonchev–Trinajstić information content (AvgIpc) is 3.91. The molecule has 1 atom stereocenters. The van der Waals surface area contributed by atoms with Crippen molar-refractivity contribution >= 4 is 21.5 Å². The number of para-hydroxylation sites is 1. The second kappa shape index (κ2) is 16.6. The van der Waals surface area contributed by atoms with Crippen molar-refractivity contribution in [1.29, 1.82) is 0 Å². The zero-order valence-corrected chi connectivity index (χ0v) is 37.6. The van der Waals surface area contributed by atoms with Crippen LogP contribution in [0.15, 0.2) is 218 Å². The summed E-state index contributed by atoms with van der Waals surface area (Å²) >= 11 is 0. The maximum atomic E-state index is 6.59. The van der Waals surface area contributed by atoms with Gasteiger partial charge in [0.15, 0.2) is 11.6 Å². The first-order valence-electron chi connectivity index (χ1n) is 24.0. The highest BCUT2D eigenvalue weighted by atomic mass is 16.5. The van der Waals surface area contributed by atoms with Crippen LogP contribution >= 0.6 is 0 Å². The molecule has 324 valence electrons. The lowest BCUT2D eigenvalue weighted by Gasteiger charge is -2.37. The summed E-state index contributed by atoms with van der Waals surface area (Å²) in [6.45, 7) is 0. The number of allylic oxidation sites excluding steroid dienone is 4. The molecule has 1 unspecified atom stereocenters. The van der Waals surface area contributed by atoms with E-state index in [1.54, 1.807) is 0 Å². The summed E-state index contributed by atoms with van der Waals surface area (Å²) < 4.78 is 6.59. The van der Waals surface area contributed by atoms with Gasteiger partial charge in [-0.15, -0.1) is 0 Å². The van der Waals surface area contributed by atoms with Crippen molar-refractivity contribution in [2.24, 2.45) is 0 Å². The maximum Gasteiger partial charge on any atom is 0.163 e. The molecule has 0 N–H and O–H groups in total. The molecule has 1 aromatic heterocycles. The van der Waals surface area contributed by atoms with Crippen LogP contribution in [0.5, 0.6) is 11.5 Å². The lowest BCUT2D eigenvalue weighted by atomic mass is 9.70. The van der Waals surface area contributed by atoms with Gasteiger partial charge in [-0.05, 0) is 134 Å². The molecule has 2 aliphatic carbocycles. The van der Waals surface area contributed by atoms with Gasteiger partial charge in [0.05, 0.1) is 0 Å². The lowest BCUT2D eigenvalue weighted by Crippen LogP contribution is -2.28. The van der Waals surface area contributed by atoms with E-state index in [2.05, 4.69) is 200 Å². The molecule has 0 saturated heterocycles. The van der Waals surface area contributed by atoms with Crippen LogP contribution < -0.4 is 4.74 Å². The molecule has 9 aromatic carbocycles. The largest absolute Gasteiger partial charge is 0.457 e. The summed E-state index contributed by atoms with van der Waals surface area (Å²) in [5.74, 6) is 4.13. The Bertz CT molecular complexity index is 3600. The third-order valence-corrected chi connectivity index (χ3v) is 14.6. The average molecular weight is 874 g/mol. The minimum Gasteiger partial charge on any atom is -0.457 e. The molecule has 0 bridgehead atoms. The van der Waals surface area contributed by atoms with Gasteiger partial charge in [0.2, 0.25) is 0 Å². The Morgan fingerprint density at radius 1 is 0.426 bits per heavy atom. The number of hydrogen-bond donors (Lipinski definition) is 0. The van der Waals surface area contributed by atoms with Crippen LogP contribution in [0.3, 0.4) is 0 Å². The van der Waals surface area contributed by atoms with Crippen molar-refractivity contribution in [2.45, 2.75) is 43.4 Å². The van der Waals surface area contributed by atoms with E-state index in [9.17, 15) is 0 Å². The molecule has 10 aromatic rings. The Labute approximate surface area is 397 Å². The molecule has 0 radical (unpaired) electrons. The van der Waals surface area contributed by atoms with Crippen molar-refractivity contribution < 1.29 is 4.74 Å². The lowest BCUT2D eigenvalue weighted by molar-refractivity contribution is 0.394. The predicted octanol–water partition coefficient (Wildman–Crippen LogP) is 16.7. The van der Waals surface area contributed by atoms with Crippen LogP contribution in [-0.4, -0.2) is 15.0 Å². The minimum atomic E-state index is -0.0200. The Balaban J connectivity index is 0.993. The summed E-state index contributed by atoms with van der Waals surface area (Å²) in [4.78, 5) is 15.7. The van der Waals surface area contributed by atoms with Gasteiger partial charge in [-0.2, -0.15) is 0 Å². The van der Waals surface area contributed by atoms with Crippen LogP contribution in [0.1, 0.15) is 55.0 Å². The summed E-state index contributed by atoms with van der Waals surface area (Å²) in [7, 11) is 0. The van der Waals surface area contributed by atoms with Gasteiger partial charge in [-0.25, -0.2) is 15.0 Å². The number of rotatable bonds is 7. The van der Waals surface area contributed by atoms with E-state index in [1.807, 2.05) is 18.2 Å². The molecule has 0 amide bonds. The van der Waals surface area contributed by atoms with Crippen LogP contribution in [0.4, 0.5) is 0 Å². The first-order chi connectivity index (χ1) is 33.6. The van der Waals surface area contributed by atoms with Crippen LogP contribution in [-0.2, 0) is 5.41 Å². The molecule has 1 fully saturated rings. The van der Waals surface area contributed by atoms with E-state index in [1.165, 1.54) is 62.2 Å². The molecule has 4 heteroatoms. The van der Waals surface area contributed by atoms with E-state index < -0.39 is 0 Å². The van der Waals surface area contributed by atoms with Crippen molar-refractivity contribution in [1.82, 2.24) is 15.0 Å². The molecular weight excluding hydrogens is 827 g/mol. The quantitative estimate of drug-likeness (QED) is 0.150. The Morgan fingerprint density at radius 3 is 1.81 bits per heavy atom. The van der Waals surface area contributed by atoms with Gasteiger partial charge < -0.3 is 4.74 Å². The van der Waals surface area contributed by atoms with Crippen LogP contribution in [0, 0.1) is 0 Å². The first kappa shape index (κ1) is 40.1. The summed E-state index contributed by atoms with van der Waals surface area (Å²) in [5, 5.41) is 4.81. The van der Waals surface area contributed by atoms with Gasteiger partial charge in [0, 0.05) is 33.6 Å². The van der Waals surface area contributed by atoms with Crippen LogP contribution in [0.2, 0.25) is 0 Å². The second-order valence-electron chi connectivity index (χ2n) is 18.6. The third kappa shape index (κ3) is 6.95. The van der Waals surface area contributed by atoms with Crippen molar-refractivity contribution in [3.63, 3.8) is 0 Å². The van der Waals surface area contributed by atoms with Crippen LogP contribution in [0.25, 0.3) is 88.8 Å². The summed E-state index contributed by atoms with van der Waals surface area (Å²) in [6, 6.07) is 70.4. The SMILES string of the molecule is C1=CCC(c2nc(-c3ccccc3)nc(-c3cc(-c4ccccc4-c4cccc(-c5ccc6c(c5)C5(CCCC5)c5ccccc5O6)c4)cc(-c4c5ccccc5cc5ccccc45)c3)n2)C=C1. The molecule has 2 heterocycles. The fourth-order valence-corrected chi connectivity index (χ4v) is 11.3. The highest BCUT2D eigenvalue weighted by Gasteiger charge is 2.44. The van der Waals surface area contributed by atoms with E-state index in [0.717, 1.165) is 75.5 Å². The highest BCUT2D eigenvalue weighted by molar-refractivity contribution is 6.13. The molecular formula is C64H47N3O.